The Hall–Kier alpha value is -6.59. The molecule has 0 radical (unpaired) electrons. The van der Waals surface area contributed by atoms with Gasteiger partial charge in [0.25, 0.3) is 0 Å². The van der Waals surface area contributed by atoms with Crippen LogP contribution in [-0.2, 0) is 38.9 Å². The zero-order valence-corrected chi connectivity index (χ0v) is 29.9. The lowest BCUT2D eigenvalue weighted by molar-refractivity contribution is 0.0731. The predicted octanol–water partition coefficient (Wildman–Crippen LogP) is 10.4. The fourth-order valence-electron chi connectivity index (χ4n) is 7.19. The number of ether oxygens (including phenoxy) is 3. The molecule has 0 aromatic heterocycles. The molecule has 7 aromatic rings. The SMILES string of the molecule is O=C(Oc1c2cccc1Cc1cccc(c1OCc1ccccc1)Cc1cccc(c1O)Cc1cccc(c1OCc1ccccc1)C2)c1ccccc1. The number of carbonyl (C=O) groups excluding carboxylic acids is 1. The zero-order valence-electron chi connectivity index (χ0n) is 29.9. The van der Waals surface area contributed by atoms with Crippen LogP contribution in [-0.4, -0.2) is 11.1 Å². The molecule has 0 aliphatic heterocycles. The van der Waals surface area contributed by atoms with Crippen LogP contribution in [0.15, 0.2) is 164 Å². The van der Waals surface area contributed by atoms with Gasteiger partial charge in [-0.05, 0) is 67.8 Å². The highest BCUT2D eigenvalue weighted by Crippen LogP contribution is 2.39. The van der Waals surface area contributed by atoms with Gasteiger partial charge in [0.05, 0.1) is 5.56 Å². The maximum absolute atomic E-state index is 13.8. The van der Waals surface area contributed by atoms with E-state index in [0.29, 0.717) is 50.2 Å². The first-order valence-corrected chi connectivity index (χ1v) is 18.3. The Bertz CT molecular complexity index is 2250. The second kappa shape index (κ2) is 16.0. The van der Waals surface area contributed by atoms with Crippen molar-refractivity contribution in [3.05, 3.63) is 225 Å². The minimum atomic E-state index is -0.420. The highest BCUT2D eigenvalue weighted by Gasteiger charge is 2.22. The van der Waals surface area contributed by atoms with Crippen LogP contribution in [0.4, 0.5) is 0 Å². The first-order chi connectivity index (χ1) is 26.6. The van der Waals surface area contributed by atoms with Gasteiger partial charge in [-0.2, -0.15) is 0 Å². The molecule has 7 aromatic carbocycles. The van der Waals surface area contributed by atoms with Gasteiger partial charge >= 0.3 is 5.97 Å². The minimum absolute atomic E-state index is 0.267. The number of phenols is 1. The molecule has 8 rings (SSSR count). The molecule has 54 heavy (non-hydrogen) atoms. The van der Waals surface area contributed by atoms with Gasteiger partial charge < -0.3 is 19.3 Å². The first-order valence-electron chi connectivity index (χ1n) is 18.3. The largest absolute Gasteiger partial charge is 0.507 e. The minimum Gasteiger partial charge on any atom is -0.507 e. The molecule has 1 aliphatic rings. The summed E-state index contributed by atoms with van der Waals surface area (Å²) in [5.41, 5.74) is 9.73. The smallest absolute Gasteiger partial charge is 0.343 e. The van der Waals surface area contributed by atoms with Crippen LogP contribution in [0.1, 0.15) is 66.0 Å². The van der Waals surface area contributed by atoms with Crippen molar-refractivity contribution in [3.63, 3.8) is 0 Å². The first kappa shape index (κ1) is 34.5. The van der Waals surface area contributed by atoms with Crippen molar-refractivity contribution < 1.29 is 24.1 Å². The standard InChI is InChI=1S/C49H40O5/c50-45-37-20-10-21-38(45)29-40-23-12-25-42(47(40)53-33-35-16-6-2-7-17-35)31-44-27-13-26-43(48(44)54-49(51)36-18-8-3-9-19-36)30-41-24-11-22-39(28-37)46(41)52-32-34-14-4-1-5-15-34/h1-27,50H,28-33H2. The van der Waals surface area contributed by atoms with Crippen molar-refractivity contribution in [2.45, 2.75) is 38.9 Å². The Kier molecular flexibility index (Phi) is 10.2. The number of phenolic OH excluding ortho intramolecular Hbond substituents is 1. The Morgan fingerprint density at radius 2 is 0.741 bits per heavy atom. The van der Waals surface area contributed by atoms with Gasteiger partial charge in [0.15, 0.2) is 0 Å². The maximum Gasteiger partial charge on any atom is 0.343 e. The van der Waals surface area contributed by atoms with Crippen molar-refractivity contribution >= 4 is 5.97 Å². The lowest BCUT2D eigenvalue weighted by atomic mass is 9.91. The molecule has 0 fully saturated rings. The molecule has 0 unspecified atom stereocenters. The number of carbonyl (C=O) groups is 1. The summed E-state index contributed by atoms with van der Waals surface area (Å²) in [6.07, 6.45) is 1.83. The third kappa shape index (κ3) is 7.76. The number of benzene rings is 7. The second-order valence-corrected chi connectivity index (χ2v) is 13.7. The molecule has 0 spiro atoms. The highest BCUT2D eigenvalue weighted by atomic mass is 16.5. The summed E-state index contributed by atoms with van der Waals surface area (Å²) < 4.78 is 19.7. The average Bonchev–Trinajstić information content (AvgIpc) is 3.21. The van der Waals surface area contributed by atoms with Crippen molar-refractivity contribution in [3.8, 4) is 23.0 Å². The van der Waals surface area contributed by atoms with E-state index in [1.807, 2.05) is 127 Å². The molecule has 1 N–H and O–H groups in total. The van der Waals surface area contributed by atoms with Gasteiger partial charge in [-0.3, -0.25) is 0 Å². The van der Waals surface area contributed by atoms with E-state index < -0.39 is 5.97 Å². The summed E-state index contributed by atoms with van der Waals surface area (Å²) in [5, 5.41) is 11.8. The number of para-hydroxylation sites is 4. The normalized spacial score (nSPS) is 12.1. The van der Waals surface area contributed by atoms with E-state index in [4.69, 9.17) is 14.2 Å². The van der Waals surface area contributed by atoms with E-state index in [-0.39, 0.29) is 5.75 Å². The van der Waals surface area contributed by atoms with Gasteiger partial charge in [-0.25, -0.2) is 4.79 Å². The molecule has 266 valence electrons. The fraction of sp³-hybridized carbons (Fsp3) is 0.122. The summed E-state index contributed by atoms with van der Waals surface area (Å²) in [7, 11) is 0. The van der Waals surface area contributed by atoms with E-state index in [1.165, 1.54) is 0 Å². The summed E-state index contributed by atoms with van der Waals surface area (Å²) >= 11 is 0. The third-order valence-corrected chi connectivity index (χ3v) is 9.92. The van der Waals surface area contributed by atoms with Crippen molar-refractivity contribution in [2.75, 3.05) is 0 Å². The molecule has 0 saturated carbocycles. The molecular formula is C49H40O5. The van der Waals surface area contributed by atoms with Gasteiger partial charge in [0.2, 0.25) is 0 Å². The molecule has 5 heteroatoms. The van der Waals surface area contributed by atoms with E-state index in [9.17, 15) is 9.90 Å². The topological polar surface area (TPSA) is 65.0 Å². The van der Waals surface area contributed by atoms with Crippen molar-refractivity contribution in [1.29, 1.82) is 0 Å². The van der Waals surface area contributed by atoms with E-state index in [1.54, 1.807) is 12.1 Å². The molecule has 1 aliphatic carbocycles. The van der Waals surface area contributed by atoms with E-state index >= 15 is 0 Å². The Balaban J connectivity index is 1.28. The molecule has 0 saturated heterocycles. The Morgan fingerprint density at radius 3 is 1.15 bits per heavy atom. The molecule has 0 atom stereocenters. The number of rotatable bonds is 8. The third-order valence-electron chi connectivity index (χ3n) is 9.92. The summed E-state index contributed by atoms with van der Waals surface area (Å²) in [4.78, 5) is 13.8. The van der Waals surface area contributed by atoms with Crippen LogP contribution < -0.4 is 14.2 Å². The summed E-state index contributed by atoms with van der Waals surface area (Å²) in [6, 6.07) is 53.6. The van der Waals surface area contributed by atoms with Crippen molar-refractivity contribution in [1.82, 2.24) is 0 Å². The number of esters is 1. The van der Waals surface area contributed by atoms with E-state index in [0.717, 1.165) is 67.1 Å². The lowest BCUT2D eigenvalue weighted by Crippen LogP contribution is -2.13. The Labute approximate surface area is 316 Å². The quantitative estimate of drug-likeness (QED) is 0.126. The van der Waals surface area contributed by atoms with Gasteiger partial charge in [-0.1, -0.05) is 152 Å². The van der Waals surface area contributed by atoms with Crippen molar-refractivity contribution in [2.24, 2.45) is 0 Å². The highest BCUT2D eigenvalue weighted by molar-refractivity contribution is 5.91. The van der Waals surface area contributed by atoms with Crippen LogP contribution in [0.3, 0.4) is 0 Å². The Morgan fingerprint density at radius 1 is 0.407 bits per heavy atom. The monoisotopic (exact) mass is 708 g/mol. The maximum atomic E-state index is 13.8. The van der Waals surface area contributed by atoms with Crippen LogP contribution in [0.25, 0.3) is 0 Å². The molecular weight excluding hydrogens is 669 g/mol. The van der Waals surface area contributed by atoms with Crippen LogP contribution in [0.5, 0.6) is 23.0 Å². The van der Waals surface area contributed by atoms with Crippen LogP contribution in [0.2, 0.25) is 0 Å². The second-order valence-electron chi connectivity index (χ2n) is 13.7. The lowest BCUT2D eigenvalue weighted by Gasteiger charge is -2.21. The molecule has 5 nitrogen and oxygen atoms in total. The van der Waals surface area contributed by atoms with E-state index in [2.05, 4.69) is 24.3 Å². The number of fused-ring (bicyclic) bond motifs is 8. The number of hydrogen-bond donors (Lipinski definition) is 1. The molecule has 0 amide bonds. The molecule has 0 heterocycles. The van der Waals surface area contributed by atoms with Crippen LogP contribution >= 0.6 is 0 Å². The van der Waals surface area contributed by atoms with Crippen LogP contribution in [0, 0.1) is 0 Å². The molecule has 8 bridgehead atoms. The zero-order chi connectivity index (χ0) is 36.7. The fourth-order valence-corrected chi connectivity index (χ4v) is 7.19. The summed E-state index contributed by atoms with van der Waals surface area (Å²) in [6.45, 7) is 0.764. The predicted molar refractivity (Wildman–Crippen MR) is 212 cm³/mol. The number of hydrogen-bond acceptors (Lipinski definition) is 5. The van der Waals surface area contributed by atoms with Gasteiger partial charge in [0.1, 0.15) is 36.2 Å². The number of aromatic hydroxyl groups is 1. The van der Waals surface area contributed by atoms with Gasteiger partial charge in [0, 0.05) is 25.7 Å². The van der Waals surface area contributed by atoms with Gasteiger partial charge in [-0.15, -0.1) is 0 Å². The average molecular weight is 709 g/mol. The summed E-state index contributed by atoms with van der Waals surface area (Å²) in [5.74, 6) is 1.89.